The number of esters is 1. The van der Waals surface area contributed by atoms with Gasteiger partial charge in [0.05, 0.1) is 7.05 Å². The molecule has 1 heterocycles. The highest BCUT2D eigenvalue weighted by atomic mass is 16.6. The van der Waals surface area contributed by atoms with Crippen LogP contribution >= 0.6 is 0 Å². The Hall–Kier alpha value is -2.53. The fourth-order valence-corrected chi connectivity index (χ4v) is 2.96. The van der Waals surface area contributed by atoms with Gasteiger partial charge in [-0.2, -0.15) is 0 Å². The average Bonchev–Trinajstić information content (AvgIpc) is 2.61. The van der Waals surface area contributed by atoms with Gasteiger partial charge in [0.1, 0.15) is 25.8 Å². The van der Waals surface area contributed by atoms with Crippen LogP contribution in [0.2, 0.25) is 0 Å². The monoisotopic (exact) mass is 342 g/mol. The molecule has 0 aromatic heterocycles. The van der Waals surface area contributed by atoms with Crippen molar-refractivity contribution in [2.75, 3.05) is 20.2 Å². The summed E-state index contributed by atoms with van der Waals surface area (Å²) < 4.78 is 16.8. The highest BCUT2D eigenvalue weighted by Crippen LogP contribution is 2.31. The van der Waals surface area contributed by atoms with E-state index in [9.17, 15) is 4.79 Å². The van der Waals surface area contributed by atoms with E-state index in [0.717, 1.165) is 13.1 Å². The van der Waals surface area contributed by atoms with Gasteiger partial charge in [-0.25, -0.2) is 4.79 Å². The molecule has 5 heteroatoms. The van der Waals surface area contributed by atoms with E-state index in [-0.39, 0.29) is 18.7 Å². The van der Waals surface area contributed by atoms with Crippen molar-refractivity contribution in [2.45, 2.75) is 25.7 Å². The molecule has 0 saturated carbocycles. The Morgan fingerprint density at radius 2 is 1.84 bits per heavy atom. The predicted molar refractivity (Wildman–Crippen MR) is 93.8 cm³/mol. The Balaban J connectivity index is 1.48. The number of fused-ring (bicyclic) bond motifs is 1. The molecule has 1 unspecified atom stereocenters. The maximum absolute atomic E-state index is 12.3. The normalized spacial score (nSPS) is 18.2. The molecule has 1 aliphatic heterocycles. The highest BCUT2D eigenvalue weighted by molar-refractivity contribution is 5.76. The van der Waals surface area contributed by atoms with Crippen LogP contribution < -0.4 is 14.4 Å². The maximum atomic E-state index is 12.3. The minimum atomic E-state index is -0.716. The summed E-state index contributed by atoms with van der Waals surface area (Å²) in [5.74, 6) is 0.858. The van der Waals surface area contributed by atoms with Crippen LogP contribution in [0, 0.1) is 0 Å². The number of quaternary nitrogens is 1. The first-order chi connectivity index (χ1) is 12.1. The Labute approximate surface area is 148 Å². The van der Waals surface area contributed by atoms with Crippen molar-refractivity contribution in [2.24, 2.45) is 0 Å². The first kappa shape index (κ1) is 17.3. The lowest BCUT2D eigenvalue weighted by Gasteiger charge is -2.26. The van der Waals surface area contributed by atoms with E-state index in [2.05, 4.69) is 19.2 Å². The minimum absolute atomic E-state index is 0.176. The second kappa shape index (κ2) is 8.03. The Morgan fingerprint density at radius 1 is 1.16 bits per heavy atom. The predicted octanol–water partition coefficient (Wildman–Crippen LogP) is 1.47. The molecule has 3 rings (SSSR count). The summed E-state index contributed by atoms with van der Waals surface area (Å²) in [7, 11) is 2.09. The Bertz CT molecular complexity index is 704. The van der Waals surface area contributed by atoms with E-state index in [1.807, 2.05) is 43.3 Å². The lowest BCUT2D eigenvalue weighted by atomic mass is 10.2. The molecule has 1 aliphatic rings. The van der Waals surface area contributed by atoms with E-state index < -0.39 is 6.10 Å². The topological polar surface area (TPSA) is 49.2 Å². The van der Waals surface area contributed by atoms with Crippen LogP contribution in [-0.2, 0) is 16.1 Å². The van der Waals surface area contributed by atoms with E-state index in [4.69, 9.17) is 14.2 Å². The molecule has 0 saturated heterocycles. The van der Waals surface area contributed by atoms with Crippen molar-refractivity contribution in [3.05, 3.63) is 60.2 Å². The van der Waals surface area contributed by atoms with Gasteiger partial charge in [-0.05, 0) is 19.1 Å². The SMILES string of the molecule is C[C@H](C[NH+](C)Cc1ccccc1)OC(=O)[C@@H]1COc2ccccc2O1. The molecule has 1 N–H and O–H groups in total. The summed E-state index contributed by atoms with van der Waals surface area (Å²) in [6.07, 6.45) is -0.913. The van der Waals surface area contributed by atoms with Crippen molar-refractivity contribution in [1.82, 2.24) is 0 Å². The summed E-state index contributed by atoms with van der Waals surface area (Å²) in [5.41, 5.74) is 1.26. The Kier molecular flexibility index (Phi) is 5.56. The van der Waals surface area contributed by atoms with Crippen molar-refractivity contribution in [1.29, 1.82) is 0 Å². The summed E-state index contributed by atoms with van der Waals surface area (Å²) >= 11 is 0. The van der Waals surface area contributed by atoms with Crippen molar-refractivity contribution >= 4 is 5.97 Å². The minimum Gasteiger partial charge on any atom is -0.485 e. The van der Waals surface area contributed by atoms with E-state index in [0.29, 0.717) is 11.5 Å². The molecule has 0 fully saturated rings. The third-order valence-electron chi connectivity index (χ3n) is 4.07. The number of benzene rings is 2. The molecule has 0 radical (unpaired) electrons. The van der Waals surface area contributed by atoms with Crippen LogP contribution in [-0.4, -0.2) is 38.4 Å². The van der Waals surface area contributed by atoms with Crippen LogP contribution in [0.3, 0.4) is 0 Å². The van der Waals surface area contributed by atoms with E-state index in [1.165, 1.54) is 10.5 Å². The molecule has 25 heavy (non-hydrogen) atoms. The van der Waals surface area contributed by atoms with Gasteiger partial charge in [0.25, 0.3) is 0 Å². The molecule has 3 atom stereocenters. The summed E-state index contributed by atoms with van der Waals surface area (Å²) in [4.78, 5) is 13.6. The molecule has 0 spiro atoms. The standard InChI is InChI=1S/C20H23NO4/c1-15(12-21(2)13-16-8-4-3-5-9-16)24-20(22)19-14-23-17-10-6-7-11-18(17)25-19/h3-11,15,19H,12-14H2,1-2H3/p+1/t15-,19+/m1/s1. The number of carbonyl (C=O) groups excluding carboxylic acids is 1. The number of likely N-dealkylation sites (N-methyl/N-ethyl adjacent to an activating group) is 1. The quantitative estimate of drug-likeness (QED) is 0.808. The fraction of sp³-hybridized carbons (Fsp3) is 0.350. The fourth-order valence-electron chi connectivity index (χ4n) is 2.96. The summed E-state index contributed by atoms with van der Waals surface area (Å²) in [5, 5.41) is 0. The largest absolute Gasteiger partial charge is 0.485 e. The van der Waals surface area contributed by atoms with Gasteiger partial charge < -0.3 is 19.1 Å². The molecule has 5 nitrogen and oxygen atoms in total. The molecular formula is C20H24NO4+. The summed E-state index contributed by atoms with van der Waals surface area (Å²) in [6.45, 7) is 3.70. The third-order valence-corrected chi connectivity index (χ3v) is 4.07. The van der Waals surface area contributed by atoms with Crippen molar-refractivity contribution in [3.8, 4) is 11.5 Å². The van der Waals surface area contributed by atoms with Gasteiger partial charge in [-0.3, -0.25) is 0 Å². The molecule has 0 amide bonds. The van der Waals surface area contributed by atoms with Gasteiger partial charge in [0.2, 0.25) is 6.10 Å². The van der Waals surface area contributed by atoms with Crippen LogP contribution in [0.15, 0.2) is 54.6 Å². The number of ether oxygens (including phenoxy) is 3. The number of hydrogen-bond donors (Lipinski definition) is 1. The second-order valence-corrected chi connectivity index (χ2v) is 6.44. The van der Waals surface area contributed by atoms with Crippen LogP contribution in [0.4, 0.5) is 0 Å². The molecule has 2 aromatic carbocycles. The second-order valence-electron chi connectivity index (χ2n) is 6.44. The van der Waals surface area contributed by atoms with Gasteiger partial charge >= 0.3 is 5.97 Å². The molecule has 2 aromatic rings. The average molecular weight is 342 g/mol. The number of nitrogens with one attached hydrogen (secondary N) is 1. The summed E-state index contributed by atoms with van der Waals surface area (Å²) in [6, 6.07) is 17.6. The molecule has 0 aliphatic carbocycles. The van der Waals surface area contributed by atoms with Gasteiger partial charge in [0, 0.05) is 5.56 Å². The zero-order valence-electron chi connectivity index (χ0n) is 14.6. The smallest absolute Gasteiger partial charge is 0.351 e. The number of hydrogen-bond acceptors (Lipinski definition) is 4. The van der Waals surface area contributed by atoms with Crippen molar-refractivity contribution in [3.63, 3.8) is 0 Å². The molecular weight excluding hydrogens is 318 g/mol. The lowest BCUT2D eigenvalue weighted by Crippen LogP contribution is -3.08. The first-order valence-electron chi connectivity index (χ1n) is 8.56. The zero-order valence-corrected chi connectivity index (χ0v) is 14.6. The van der Waals surface area contributed by atoms with E-state index in [1.54, 1.807) is 6.07 Å². The first-order valence-corrected chi connectivity index (χ1v) is 8.56. The molecule has 132 valence electrons. The number of rotatable bonds is 6. The number of carbonyl (C=O) groups is 1. The number of para-hydroxylation sites is 2. The van der Waals surface area contributed by atoms with Crippen LogP contribution in [0.25, 0.3) is 0 Å². The van der Waals surface area contributed by atoms with Crippen LogP contribution in [0.1, 0.15) is 12.5 Å². The highest BCUT2D eigenvalue weighted by Gasteiger charge is 2.30. The van der Waals surface area contributed by atoms with Crippen LogP contribution in [0.5, 0.6) is 11.5 Å². The third kappa shape index (κ3) is 4.73. The van der Waals surface area contributed by atoms with Crippen molar-refractivity contribution < 1.29 is 23.9 Å². The zero-order chi connectivity index (χ0) is 17.6. The lowest BCUT2D eigenvalue weighted by molar-refractivity contribution is -0.896. The molecule has 0 bridgehead atoms. The Morgan fingerprint density at radius 3 is 2.60 bits per heavy atom. The maximum Gasteiger partial charge on any atom is 0.351 e. The van der Waals surface area contributed by atoms with Gasteiger partial charge in [0.15, 0.2) is 11.5 Å². The van der Waals surface area contributed by atoms with E-state index >= 15 is 0 Å². The van der Waals surface area contributed by atoms with Gasteiger partial charge in [-0.1, -0.05) is 42.5 Å². The van der Waals surface area contributed by atoms with Gasteiger partial charge in [-0.15, -0.1) is 0 Å².